The predicted octanol–water partition coefficient (Wildman–Crippen LogP) is 5.70. The summed E-state index contributed by atoms with van der Waals surface area (Å²) in [6.45, 7) is 2.60. The second-order valence-electron chi connectivity index (χ2n) is 8.44. The van der Waals surface area contributed by atoms with Gasteiger partial charge in [0.1, 0.15) is 23.3 Å². The highest BCUT2D eigenvalue weighted by atomic mass is 35.5. The molecule has 3 N–H and O–H groups in total. The number of carbonyl (C=O) groups is 2. The van der Waals surface area contributed by atoms with Crippen molar-refractivity contribution in [1.82, 2.24) is 15.1 Å². The van der Waals surface area contributed by atoms with Crippen LogP contribution in [0.2, 0.25) is 5.02 Å². The number of nitrogens with zero attached hydrogens (tertiary/aromatic N) is 3. The van der Waals surface area contributed by atoms with Gasteiger partial charge in [0.2, 0.25) is 5.78 Å². The summed E-state index contributed by atoms with van der Waals surface area (Å²) < 4.78 is 14.8. The molecule has 0 bridgehead atoms. The van der Waals surface area contributed by atoms with E-state index in [1.807, 2.05) is 19.1 Å². The van der Waals surface area contributed by atoms with Gasteiger partial charge in [0.05, 0.1) is 5.69 Å². The maximum absolute atomic E-state index is 13.3. The molecular formula is C28H24ClFN6O2. The molecule has 0 atom stereocenters. The average Bonchev–Trinajstić information content (AvgIpc) is 3.27. The summed E-state index contributed by atoms with van der Waals surface area (Å²) in [5.74, 6) is -0.458. The summed E-state index contributed by atoms with van der Waals surface area (Å²) in [6.07, 6.45) is 0.495. The minimum atomic E-state index is -0.467. The highest BCUT2D eigenvalue weighted by Crippen LogP contribution is 2.26. The van der Waals surface area contributed by atoms with Gasteiger partial charge in [-0.05, 0) is 55.8 Å². The summed E-state index contributed by atoms with van der Waals surface area (Å²) >= 11 is 6.04. The first-order valence-electron chi connectivity index (χ1n) is 11.8. The number of anilines is 2. The molecule has 1 aromatic heterocycles. The molecule has 2 amide bonds. The van der Waals surface area contributed by atoms with Gasteiger partial charge in [0, 0.05) is 29.4 Å². The molecule has 38 heavy (non-hydrogen) atoms. The standard InChI is InChI=1S/C28H24ClFN6O2/c1-18-6-8-19(9-7-18)26(37)25-24(17-31)27(36(35-25)23-12-10-20(29)11-13-23)32-14-3-15-33-28(38)34-22-5-2-4-21(30)16-22/h2,4-13,16,32H,3,14-15H2,1H3,(H2,33,34,38). The first-order valence-corrected chi connectivity index (χ1v) is 12.2. The fraction of sp³-hybridized carbons (Fsp3) is 0.143. The zero-order valence-corrected chi connectivity index (χ0v) is 21.2. The van der Waals surface area contributed by atoms with Crippen LogP contribution >= 0.6 is 11.6 Å². The number of halogens is 2. The molecule has 0 spiro atoms. The van der Waals surface area contributed by atoms with Crippen LogP contribution in [0.25, 0.3) is 5.69 Å². The van der Waals surface area contributed by atoms with Crippen LogP contribution in [0.15, 0.2) is 72.8 Å². The minimum Gasteiger partial charge on any atom is -0.369 e. The lowest BCUT2D eigenvalue weighted by Gasteiger charge is -2.11. The highest BCUT2D eigenvalue weighted by molar-refractivity contribution is 6.30. The lowest BCUT2D eigenvalue weighted by Crippen LogP contribution is -2.30. The van der Waals surface area contributed by atoms with E-state index in [0.717, 1.165) is 5.56 Å². The molecular weight excluding hydrogens is 507 g/mol. The van der Waals surface area contributed by atoms with E-state index in [4.69, 9.17) is 11.6 Å². The Morgan fingerprint density at radius 1 is 1.05 bits per heavy atom. The van der Waals surface area contributed by atoms with Gasteiger partial charge in [0.15, 0.2) is 5.69 Å². The molecule has 192 valence electrons. The number of hydrogen-bond acceptors (Lipinski definition) is 5. The van der Waals surface area contributed by atoms with Crippen LogP contribution in [0.1, 0.15) is 33.6 Å². The molecule has 4 aromatic rings. The van der Waals surface area contributed by atoms with E-state index < -0.39 is 11.8 Å². The Balaban J connectivity index is 1.49. The van der Waals surface area contributed by atoms with Crippen LogP contribution in [0.3, 0.4) is 0 Å². The van der Waals surface area contributed by atoms with Gasteiger partial charge in [-0.1, -0.05) is 47.5 Å². The van der Waals surface area contributed by atoms with Crippen molar-refractivity contribution in [3.05, 3.63) is 106 Å². The third-order valence-corrected chi connectivity index (χ3v) is 5.86. The van der Waals surface area contributed by atoms with Crippen LogP contribution < -0.4 is 16.0 Å². The normalized spacial score (nSPS) is 10.5. The quantitative estimate of drug-likeness (QED) is 0.190. The SMILES string of the molecule is Cc1ccc(C(=O)c2nn(-c3ccc(Cl)cc3)c(NCCCNC(=O)Nc3cccc(F)c3)c2C#N)cc1. The maximum Gasteiger partial charge on any atom is 0.319 e. The number of aryl methyl sites for hydroxylation is 1. The van der Waals surface area contributed by atoms with E-state index in [0.29, 0.717) is 47.3 Å². The van der Waals surface area contributed by atoms with Crippen LogP contribution in [0.5, 0.6) is 0 Å². The average molecular weight is 531 g/mol. The Morgan fingerprint density at radius 2 is 1.79 bits per heavy atom. The summed E-state index contributed by atoms with van der Waals surface area (Å²) in [7, 11) is 0. The lowest BCUT2D eigenvalue weighted by molar-refractivity contribution is 0.103. The summed E-state index contributed by atoms with van der Waals surface area (Å²) in [5, 5.41) is 23.4. The van der Waals surface area contributed by atoms with Crippen molar-refractivity contribution >= 4 is 34.9 Å². The number of urea groups is 1. The number of rotatable bonds is 9. The molecule has 0 saturated heterocycles. The molecule has 10 heteroatoms. The van der Waals surface area contributed by atoms with E-state index in [1.165, 1.54) is 22.9 Å². The predicted molar refractivity (Wildman–Crippen MR) is 144 cm³/mol. The fourth-order valence-corrected chi connectivity index (χ4v) is 3.82. The number of aromatic nitrogens is 2. The van der Waals surface area contributed by atoms with Gasteiger partial charge in [0.25, 0.3) is 0 Å². The van der Waals surface area contributed by atoms with E-state index in [1.54, 1.807) is 42.5 Å². The van der Waals surface area contributed by atoms with Crippen molar-refractivity contribution in [2.45, 2.75) is 13.3 Å². The molecule has 0 aliphatic carbocycles. The number of amides is 2. The Hall–Kier alpha value is -4.68. The molecule has 0 aliphatic heterocycles. The molecule has 8 nitrogen and oxygen atoms in total. The maximum atomic E-state index is 13.3. The molecule has 0 aliphatic rings. The molecule has 4 rings (SSSR count). The van der Waals surface area contributed by atoms with Crippen LogP contribution in [0, 0.1) is 24.1 Å². The van der Waals surface area contributed by atoms with Gasteiger partial charge in [-0.3, -0.25) is 4.79 Å². The van der Waals surface area contributed by atoms with Gasteiger partial charge >= 0.3 is 6.03 Å². The van der Waals surface area contributed by atoms with Crippen molar-refractivity contribution in [2.75, 3.05) is 23.7 Å². The lowest BCUT2D eigenvalue weighted by atomic mass is 10.0. The number of carbonyl (C=O) groups excluding carboxylic acids is 2. The second-order valence-corrected chi connectivity index (χ2v) is 8.88. The monoisotopic (exact) mass is 530 g/mol. The number of nitrogens with one attached hydrogen (secondary N) is 3. The summed E-state index contributed by atoms with van der Waals surface area (Å²) in [6, 6.07) is 21.2. The van der Waals surface area contributed by atoms with Crippen LogP contribution in [0.4, 0.5) is 20.7 Å². The van der Waals surface area contributed by atoms with Crippen molar-refractivity contribution < 1.29 is 14.0 Å². The van der Waals surface area contributed by atoms with Crippen molar-refractivity contribution in [1.29, 1.82) is 5.26 Å². The smallest absolute Gasteiger partial charge is 0.319 e. The molecule has 0 fully saturated rings. The molecule has 0 saturated carbocycles. The molecule has 0 unspecified atom stereocenters. The Morgan fingerprint density at radius 3 is 2.47 bits per heavy atom. The topological polar surface area (TPSA) is 112 Å². The van der Waals surface area contributed by atoms with Crippen molar-refractivity contribution in [3.8, 4) is 11.8 Å². The zero-order chi connectivity index (χ0) is 27.1. The van der Waals surface area contributed by atoms with Crippen LogP contribution in [-0.2, 0) is 0 Å². The Labute approximate surface area is 224 Å². The molecule has 3 aromatic carbocycles. The minimum absolute atomic E-state index is 0.0291. The van der Waals surface area contributed by atoms with Gasteiger partial charge in [-0.25, -0.2) is 13.9 Å². The van der Waals surface area contributed by atoms with Gasteiger partial charge in [-0.15, -0.1) is 0 Å². The van der Waals surface area contributed by atoms with Crippen molar-refractivity contribution in [3.63, 3.8) is 0 Å². The molecule has 1 heterocycles. The molecule has 0 radical (unpaired) electrons. The van der Waals surface area contributed by atoms with E-state index in [-0.39, 0.29) is 17.0 Å². The van der Waals surface area contributed by atoms with E-state index in [9.17, 15) is 19.2 Å². The number of ketones is 1. The highest BCUT2D eigenvalue weighted by Gasteiger charge is 2.25. The third kappa shape index (κ3) is 6.35. The first-order chi connectivity index (χ1) is 18.4. The number of hydrogen-bond donors (Lipinski definition) is 3. The number of nitriles is 1. The van der Waals surface area contributed by atoms with Crippen molar-refractivity contribution in [2.24, 2.45) is 0 Å². The van der Waals surface area contributed by atoms with E-state index >= 15 is 0 Å². The first kappa shape index (κ1) is 26.4. The second kappa shape index (κ2) is 12.0. The summed E-state index contributed by atoms with van der Waals surface area (Å²) in [5.41, 5.74) is 2.53. The van der Waals surface area contributed by atoms with E-state index in [2.05, 4.69) is 27.1 Å². The van der Waals surface area contributed by atoms with Gasteiger partial charge in [-0.2, -0.15) is 10.4 Å². The number of benzene rings is 3. The van der Waals surface area contributed by atoms with Gasteiger partial charge < -0.3 is 16.0 Å². The fourth-order valence-electron chi connectivity index (χ4n) is 3.70. The largest absolute Gasteiger partial charge is 0.369 e. The summed E-state index contributed by atoms with van der Waals surface area (Å²) in [4.78, 5) is 25.3. The van der Waals surface area contributed by atoms with Crippen LogP contribution in [-0.4, -0.2) is 34.7 Å². The third-order valence-electron chi connectivity index (χ3n) is 5.61. The Bertz CT molecular complexity index is 1490. The Kier molecular flexibility index (Phi) is 8.36. The zero-order valence-electron chi connectivity index (χ0n) is 20.5.